The van der Waals surface area contributed by atoms with Gasteiger partial charge in [-0.2, -0.15) is 0 Å². The average Bonchev–Trinajstić information content (AvgIpc) is 2.92. The van der Waals surface area contributed by atoms with Gasteiger partial charge in [-0.15, -0.1) is 0 Å². The first-order chi connectivity index (χ1) is 18.8. The molecule has 0 aromatic carbocycles. The van der Waals surface area contributed by atoms with E-state index in [0.29, 0.717) is 6.61 Å². The molecule has 0 saturated heterocycles. The zero-order valence-corrected chi connectivity index (χ0v) is 26.4. The van der Waals surface area contributed by atoms with Gasteiger partial charge in [0.1, 0.15) is 0 Å². The minimum Gasteiger partial charge on any atom is -0.450 e. The molecule has 228 valence electrons. The Balaban J connectivity index is 3.14. The molecule has 0 aliphatic rings. The molecule has 1 N–H and O–H groups in total. The van der Waals surface area contributed by atoms with Crippen LogP contribution >= 0.6 is 0 Å². The summed E-state index contributed by atoms with van der Waals surface area (Å²) in [6, 6.07) is 0. The first-order valence-corrected chi connectivity index (χ1v) is 17.7. The number of alkyl carbamates (subject to hydrolysis) is 1. The van der Waals surface area contributed by atoms with E-state index in [1.165, 1.54) is 180 Å². The van der Waals surface area contributed by atoms with Crippen LogP contribution in [-0.4, -0.2) is 19.2 Å². The third-order valence-electron chi connectivity index (χ3n) is 8.03. The molecule has 0 spiro atoms. The maximum absolute atomic E-state index is 11.8. The van der Waals surface area contributed by atoms with Gasteiger partial charge in [-0.25, -0.2) is 4.79 Å². The van der Waals surface area contributed by atoms with Crippen LogP contribution in [0.4, 0.5) is 4.79 Å². The Hall–Kier alpha value is -0.730. The number of hydrogen-bond acceptors (Lipinski definition) is 2. The number of amides is 1. The van der Waals surface area contributed by atoms with E-state index in [1.54, 1.807) is 0 Å². The fourth-order valence-corrected chi connectivity index (χ4v) is 5.38. The van der Waals surface area contributed by atoms with Crippen molar-refractivity contribution in [2.75, 3.05) is 13.2 Å². The number of rotatable bonds is 32. The Kier molecular flexibility index (Phi) is 33.6. The molecule has 3 heteroatoms. The SMILES string of the molecule is CCCCCCCCCCCCCCCCCCOC(=O)NCCCCCCCCCCCCCCCC. The standard InChI is InChI=1S/C35H71NO2/c1-3-5-7-9-11-13-15-17-19-20-22-24-26-28-30-32-34-38-35(37)36-33-31-29-27-25-23-21-18-16-14-12-10-8-6-4-2/h3-34H2,1-2H3,(H,36,37). The molecule has 0 atom stereocenters. The average molecular weight is 538 g/mol. The summed E-state index contributed by atoms with van der Waals surface area (Å²) in [4.78, 5) is 11.8. The van der Waals surface area contributed by atoms with E-state index in [-0.39, 0.29) is 6.09 Å². The van der Waals surface area contributed by atoms with Crippen molar-refractivity contribution in [3.8, 4) is 0 Å². The predicted octanol–water partition coefficient (Wildman–Crippen LogP) is 12.5. The van der Waals surface area contributed by atoms with E-state index < -0.39 is 0 Å². The smallest absolute Gasteiger partial charge is 0.407 e. The van der Waals surface area contributed by atoms with E-state index >= 15 is 0 Å². The molecular weight excluding hydrogens is 466 g/mol. The quantitative estimate of drug-likeness (QED) is 0.0866. The molecule has 0 bridgehead atoms. The van der Waals surface area contributed by atoms with E-state index in [1.807, 2.05) is 0 Å². The molecule has 1 amide bonds. The fraction of sp³-hybridized carbons (Fsp3) is 0.971. The number of hydrogen-bond donors (Lipinski definition) is 1. The van der Waals surface area contributed by atoms with Gasteiger partial charge in [-0.3, -0.25) is 0 Å². The van der Waals surface area contributed by atoms with Gasteiger partial charge in [0.2, 0.25) is 0 Å². The lowest BCUT2D eigenvalue weighted by molar-refractivity contribution is 0.143. The summed E-state index contributed by atoms with van der Waals surface area (Å²) in [6.45, 7) is 5.91. The van der Waals surface area contributed by atoms with Crippen molar-refractivity contribution in [1.82, 2.24) is 5.32 Å². The molecule has 0 saturated carbocycles. The van der Waals surface area contributed by atoms with Crippen molar-refractivity contribution in [2.45, 2.75) is 206 Å². The van der Waals surface area contributed by atoms with E-state index in [2.05, 4.69) is 19.2 Å². The van der Waals surface area contributed by atoms with Crippen LogP contribution in [0.3, 0.4) is 0 Å². The summed E-state index contributed by atoms with van der Waals surface area (Å²) in [5.41, 5.74) is 0. The van der Waals surface area contributed by atoms with Gasteiger partial charge in [0.25, 0.3) is 0 Å². The van der Waals surface area contributed by atoms with Gasteiger partial charge in [0.15, 0.2) is 0 Å². The predicted molar refractivity (Wildman–Crippen MR) is 169 cm³/mol. The van der Waals surface area contributed by atoms with Crippen molar-refractivity contribution >= 4 is 6.09 Å². The Bertz CT molecular complexity index is 440. The zero-order valence-electron chi connectivity index (χ0n) is 26.4. The molecule has 0 fully saturated rings. The highest BCUT2D eigenvalue weighted by atomic mass is 16.5. The molecule has 0 aromatic rings. The zero-order chi connectivity index (χ0) is 27.6. The Morgan fingerprint density at radius 1 is 0.395 bits per heavy atom. The summed E-state index contributed by atoms with van der Waals surface area (Å²) in [5.74, 6) is 0. The Labute approximate surface area is 240 Å². The minimum absolute atomic E-state index is 0.222. The van der Waals surface area contributed by atoms with Crippen LogP contribution < -0.4 is 5.32 Å². The second kappa shape index (κ2) is 34.3. The third kappa shape index (κ3) is 33.3. The summed E-state index contributed by atoms with van der Waals surface area (Å²) >= 11 is 0. The van der Waals surface area contributed by atoms with Crippen LogP contribution in [0.2, 0.25) is 0 Å². The van der Waals surface area contributed by atoms with Crippen LogP contribution in [0.15, 0.2) is 0 Å². The second-order valence-electron chi connectivity index (χ2n) is 12.0. The van der Waals surface area contributed by atoms with E-state index in [4.69, 9.17) is 4.74 Å². The Morgan fingerprint density at radius 3 is 0.974 bits per heavy atom. The van der Waals surface area contributed by atoms with E-state index in [9.17, 15) is 4.79 Å². The molecule has 38 heavy (non-hydrogen) atoms. The first-order valence-electron chi connectivity index (χ1n) is 17.7. The molecule has 0 radical (unpaired) electrons. The summed E-state index contributed by atoms with van der Waals surface area (Å²) in [5, 5.41) is 2.92. The fourth-order valence-electron chi connectivity index (χ4n) is 5.38. The summed E-state index contributed by atoms with van der Waals surface area (Å²) < 4.78 is 5.33. The first kappa shape index (κ1) is 37.3. The van der Waals surface area contributed by atoms with Crippen molar-refractivity contribution in [2.24, 2.45) is 0 Å². The van der Waals surface area contributed by atoms with Crippen LogP contribution in [-0.2, 0) is 4.74 Å². The van der Waals surface area contributed by atoms with Crippen molar-refractivity contribution in [3.05, 3.63) is 0 Å². The number of nitrogens with one attached hydrogen (secondary N) is 1. The molecule has 0 heterocycles. The van der Waals surface area contributed by atoms with Gasteiger partial charge < -0.3 is 10.1 Å². The van der Waals surface area contributed by atoms with E-state index in [0.717, 1.165) is 19.4 Å². The number of carbonyl (C=O) groups excluding carboxylic acids is 1. The second-order valence-corrected chi connectivity index (χ2v) is 12.0. The highest BCUT2D eigenvalue weighted by Crippen LogP contribution is 2.14. The number of unbranched alkanes of at least 4 members (excludes halogenated alkanes) is 28. The van der Waals surface area contributed by atoms with Crippen LogP contribution in [0, 0.1) is 0 Å². The van der Waals surface area contributed by atoms with Crippen LogP contribution in [0.5, 0.6) is 0 Å². The Morgan fingerprint density at radius 2 is 0.658 bits per heavy atom. The highest BCUT2D eigenvalue weighted by Gasteiger charge is 2.01. The maximum atomic E-state index is 11.8. The van der Waals surface area contributed by atoms with Gasteiger partial charge in [0.05, 0.1) is 6.61 Å². The molecule has 0 unspecified atom stereocenters. The lowest BCUT2D eigenvalue weighted by Crippen LogP contribution is -2.25. The number of ether oxygens (including phenoxy) is 1. The normalized spacial score (nSPS) is 11.2. The monoisotopic (exact) mass is 538 g/mol. The van der Waals surface area contributed by atoms with Gasteiger partial charge >= 0.3 is 6.09 Å². The van der Waals surface area contributed by atoms with Crippen LogP contribution in [0.25, 0.3) is 0 Å². The van der Waals surface area contributed by atoms with Crippen LogP contribution in [0.1, 0.15) is 206 Å². The highest BCUT2D eigenvalue weighted by molar-refractivity contribution is 5.66. The molecule has 0 aliphatic carbocycles. The van der Waals surface area contributed by atoms with Gasteiger partial charge in [0, 0.05) is 6.54 Å². The molecule has 0 aromatic heterocycles. The maximum Gasteiger partial charge on any atom is 0.407 e. The largest absolute Gasteiger partial charge is 0.450 e. The van der Waals surface area contributed by atoms with Gasteiger partial charge in [-0.1, -0.05) is 194 Å². The molecular formula is C35H71NO2. The third-order valence-corrected chi connectivity index (χ3v) is 8.03. The minimum atomic E-state index is -0.222. The lowest BCUT2D eigenvalue weighted by Gasteiger charge is -2.07. The van der Waals surface area contributed by atoms with Crippen molar-refractivity contribution in [1.29, 1.82) is 0 Å². The van der Waals surface area contributed by atoms with Gasteiger partial charge in [-0.05, 0) is 12.8 Å². The van der Waals surface area contributed by atoms with Crippen molar-refractivity contribution in [3.63, 3.8) is 0 Å². The van der Waals surface area contributed by atoms with Crippen molar-refractivity contribution < 1.29 is 9.53 Å². The summed E-state index contributed by atoms with van der Waals surface area (Å²) in [7, 11) is 0. The topological polar surface area (TPSA) is 38.3 Å². The summed E-state index contributed by atoms with van der Waals surface area (Å²) in [6.07, 6.45) is 40.7. The molecule has 0 aliphatic heterocycles. The molecule has 3 nitrogen and oxygen atoms in total. The number of carbonyl (C=O) groups is 1. The lowest BCUT2D eigenvalue weighted by atomic mass is 10.0. The molecule has 0 rings (SSSR count).